The SMILES string of the molecule is CN(C)c1ccc(C2CN=C(N)O2)cc1. The van der Waals surface area contributed by atoms with E-state index in [4.69, 9.17) is 10.5 Å². The largest absolute Gasteiger partial charge is 0.455 e. The highest BCUT2D eigenvalue weighted by molar-refractivity contribution is 5.73. The van der Waals surface area contributed by atoms with Gasteiger partial charge in [-0.25, -0.2) is 4.99 Å². The van der Waals surface area contributed by atoms with Crippen LogP contribution < -0.4 is 10.6 Å². The maximum absolute atomic E-state index is 5.46. The molecule has 1 aromatic carbocycles. The summed E-state index contributed by atoms with van der Waals surface area (Å²) >= 11 is 0. The Kier molecular flexibility index (Phi) is 2.49. The van der Waals surface area contributed by atoms with Crippen molar-refractivity contribution >= 4 is 11.7 Å². The van der Waals surface area contributed by atoms with Crippen molar-refractivity contribution in [3.8, 4) is 0 Å². The Morgan fingerprint density at radius 2 is 2.00 bits per heavy atom. The van der Waals surface area contributed by atoms with Crippen molar-refractivity contribution in [2.24, 2.45) is 10.7 Å². The minimum absolute atomic E-state index is 0.0128. The van der Waals surface area contributed by atoms with Crippen LogP contribution in [-0.4, -0.2) is 26.7 Å². The van der Waals surface area contributed by atoms with Crippen LogP contribution in [0.1, 0.15) is 11.7 Å². The van der Waals surface area contributed by atoms with Gasteiger partial charge in [0.15, 0.2) is 0 Å². The van der Waals surface area contributed by atoms with Gasteiger partial charge in [0.1, 0.15) is 6.10 Å². The van der Waals surface area contributed by atoms with Gasteiger partial charge in [-0.1, -0.05) is 12.1 Å². The summed E-state index contributed by atoms with van der Waals surface area (Å²) < 4.78 is 5.36. The first-order chi connectivity index (χ1) is 7.16. The number of anilines is 1. The Morgan fingerprint density at radius 1 is 1.33 bits per heavy atom. The van der Waals surface area contributed by atoms with Gasteiger partial charge < -0.3 is 15.4 Å². The number of hydrogen-bond donors (Lipinski definition) is 1. The molecule has 0 radical (unpaired) electrons. The van der Waals surface area contributed by atoms with Crippen LogP contribution in [0, 0.1) is 0 Å². The molecule has 0 spiro atoms. The van der Waals surface area contributed by atoms with Crippen molar-refractivity contribution in [1.82, 2.24) is 0 Å². The maximum atomic E-state index is 5.46. The first kappa shape index (κ1) is 9.83. The Bertz CT molecular complexity index is 370. The molecule has 0 saturated carbocycles. The zero-order valence-electron chi connectivity index (χ0n) is 8.97. The van der Waals surface area contributed by atoms with Gasteiger partial charge in [0.05, 0.1) is 6.54 Å². The number of nitrogens with two attached hydrogens (primary N) is 1. The Balaban J connectivity index is 2.11. The third-order valence-electron chi connectivity index (χ3n) is 2.46. The molecule has 1 atom stereocenters. The number of amidine groups is 1. The molecule has 2 rings (SSSR count). The molecule has 0 bridgehead atoms. The highest BCUT2D eigenvalue weighted by Gasteiger charge is 2.19. The summed E-state index contributed by atoms with van der Waals surface area (Å²) in [5, 5.41) is 0. The average Bonchev–Trinajstić information content (AvgIpc) is 2.65. The molecule has 0 fully saturated rings. The molecular formula is C11H15N3O. The molecule has 1 heterocycles. The number of hydrogen-bond acceptors (Lipinski definition) is 4. The van der Waals surface area contributed by atoms with Crippen LogP contribution in [0.15, 0.2) is 29.3 Å². The monoisotopic (exact) mass is 205 g/mol. The van der Waals surface area contributed by atoms with Crippen LogP contribution in [-0.2, 0) is 4.74 Å². The second kappa shape index (κ2) is 3.81. The number of rotatable bonds is 2. The summed E-state index contributed by atoms with van der Waals surface area (Å²) in [6.45, 7) is 0.618. The fraction of sp³-hybridized carbons (Fsp3) is 0.364. The van der Waals surface area contributed by atoms with E-state index < -0.39 is 0 Å². The van der Waals surface area contributed by atoms with Crippen LogP contribution in [0.3, 0.4) is 0 Å². The molecule has 4 heteroatoms. The summed E-state index contributed by atoms with van der Waals surface area (Å²) in [6.07, 6.45) is -0.0128. The molecular weight excluding hydrogens is 190 g/mol. The fourth-order valence-corrected chi connectivity index (χ4v) is 1.55. The van der Waals surface area contributed by atoms with Gasteiger partial charge in [0.2, 0.25) is 0 Å². The molecule has 1 aliphatic rings. The zero-order chi connectivity index (χ0) is 10.8. The van der Waals surface area contributed by atoms with Crippen molar-refractivity contribution < 1.29 is 4.74 Å². The van der Waals surface area contributed by atoms with Gasteiger partial charge in [-0.15, -0.1) is 0 Å². The third-order valence-corrected chi connectivity index (χ3v) is 2.46. The molecule has 0 saturated heterocycles. The topological polar surface area (TPSA) is 50.8 Å². The minimum atomic E-state index is -0.0128. The average molecular weight is 205 g/mol. The summed E-state index contributed by atoms with van der Waals surface area (Å²) in [7, 11) is 4.03. The van der Waals surface area contributed by atoms with Crippen LogP contribution in [0.2, 0.25) is 0 Å². The molecule has 0 amide bonds. The van der Waals surface area contributed by atoms with E-state index in [1.165, 1.54) is 5.69 Å². The molecule has 80 valence electrons. The van der Waals surface area contributed by atoms with Crippen molar-refractivity contribution in [2.75, 3.05) is 25.5 Å². The van der Waals surface area contributed by atoms with Crippen LogP contribution in [0.25, 0.3) is 0 Å². The van der Waals surface area contributed by atoms with Crippen LogP contribution in [0.5, 0.6) is 0 Å². The van der Waals surface area contributed by atoms with Gasteiger partial charge in [-0.2, -0.15) is 0 Å². The second-order valence-electron chi connectivity index (χ2n) is 3.77. The van der Waals surface area contributed by atoms with E-state index in [1.807, 2.05) is 26.2 Å². The van der Waals surface area contributed by atoms with E-state index in [9.17, 15) is 0 Å². The van der Waals surface area contributed by atoms with Crippen molar-refractivity contribution in [3.63, 3.8) is 0 Å². The van der Waals surface area contributed by atoms with E-state index >= 15 is 0 Å². The lowest BCUT2D eigenvalue weighted by Crippen LogP contribution is -2.13. The lowest BCUT2D eigenvalue weighted by Gasteiger charge is -2.14. The second-order valence-corrected chi connectivity index (χ2v) is 3.77. The van der Waals surface area contributed by atoms with E-state index in [1.54, 1.807) is 0 Å². The molecule has 1 unspecified atom stereocenters. The molecule has 1 aliphatic heterocycles. The van der Waals surface area contributed by atoms with Gasteiger partial charge in [0, 0.05) is 19.8 Å². The molecule has 4 nitrogen and oxygen atoms in total. The Morgan fingerprint density at radius 3 is 2.47 bits per heavy atom. The normalized spacial score (nSPS) is 19.6. The van der Waals surface area contributed by atoms with Gasteiger partial charge in [-0.3, -0.25) is 0 Å². The van der Waals surface area contributed by atoms with Gasteiger partial charge in [0.25, 0.3) is 6.02 Å². The summed E-state index contributed by atoms with van der Waals surface area (Å²) in [5.41, 5.74) is 7.75. The summed E-state index contributed by atoms with van der Waals surface area (Å²) in [6, 6.07) is 8.51. The van der Waals surface area contributed by atoms with Crippen LogP contribution in [0.4, 0.5) is 5.69 Å². The molecule has 2 N–H and O–H groups in total. The van der Waals surface area contributed by atoms with E-state index in [0.29, 0.717) is 6.54 Å². The highest BCUT2D eigenvalue weighted by atomic mass is 16.5. The highest BCUT2D eigenvalue weighted by Crippen LogP contribution is 2.23. The molecule has 15 heavy (non-hydrogen) atoms. The lowest BCUT2D eigenvalue weighted by molar-refractivity contribution is 0.226. The van der Waals surface area contributed by atoms with Crippen molar-refractivity contribution in [1.29, 1.82) is 0 Å². The number of nitrogens with zero attached hydrogens (tertiary/aromatic N) is 2. The van der Waals surface area contributed by atoms with Gasteiger partial charge in [-0.05, 0) is 17.7 Å². The summed E-state index contributed by atoms with van der Waals surface area (Å²) in [5.74, 6) is 0. The number of benzene rings is 1. The standard InChI is InChI=1S/C11H15N3O/c1-14(2)9-5-3-8(4-6-9)10-7-13-11(12)15-10/h3-6,10H,7H2,1-2H3,(H2,12,13). The van der Waals surface area contributed by atoms with E-state index in [-0.39, 0.29) is 12.1 Å². The minimum Gasteiger partial charge on any atom is -0.455 e. The van der Waals surface area contributed by atoms with Crippen molar-refractivity contribution in [2.45, 2.75) is 6.10 Å². The third kappa shape index (κ3) is 2.03. The Hall–Kier alpha value is -1.71. The fourth-order valence-electron chi connectivity index (χ4n) is 1.55. The molecule has 0 aliphatic carbocycles. The quantitative estimate of drug-likeness (QED) is 0.787. The van der Waals surface area contributed by atoms with Gasteiger partial charge >= 0.3 is 0 Å². The first-order valence-electron chi connectivity index (χ1n) is 4.90. The van der Waals surface area contributed by atoms with E-state index in [0.717, 1.165) is 5.56 Å². The zero-order valence-corrected chi connectivity index (χ0v) is 8.97. The predicted molar refractivity (Wildman–Crippen MR) is 61.1 cm³/mol. The van der Waals surface area contributed by atoms with E-state index in [2.05, 4.69) is 22.0 Å². The number of ether oxygens (including phenoxy) is 1. The Labute approximate surface area is 89.4 Å². The summed E-state index contributed by atoms with van der Waals surface area (Å²) in [4.78, 5) is 6.07. The number of aliphatic imine (C=N–C) groups is 1. The predicted octanol–water partition coefficient (Wildman–Crippen LogP) is 1.14. The maximum Gasteiger partial charge on any atom is 0.282 e. The molecule has 0 aromatic heterocycles. The smallest absolute Gasteiger partial charge is 0.282 e. The van der Waals surface area contributed by atoms with Crippen LogP contribution >= 0.6 is 0 Å². The first-order valence-corrected chi connectivity index (χ1v) is 4.90. The van der Waals surface area contributed by atoms with Crippen molar-refractivity contribution in [3.05, 3.63) is 29.8 Å². The lowest BCUT2D eigenvalue weighted by atomic mass is 10.1. The molecule has 1 aromatic rings.